The van der Waals surface area contributed by atoms with Crippen molar-refractivity contribution in [3.05, 3.63) is 131 Å². The van der Waals surface area contributed by atoms with Gasteiger partial charge in [-0.25, -0.2) is 4.79 Å². The Bertz CT molecular complexity index is 2560. The van der Waals surface area contributed by atoms with E-state index in [4.69, 9.17) is 16.2 Å². The van der Waals surface area contributed by atoms with Crippen molar-refractivity contribution in [3.63, 3.8) is 0 Å². The molecule has 1 saturated heterocycles. The molecule has 64 heavy (non-hydrogen) atoms. The average molecular weight is 866 g/mol. The number of ether oxygens (including phenoxy) is 1. The lowest BCUT2D eigenvalue weighted by molar-refractivity contribution is -0.140. The third kappa shape index (κ3) is 9.02. The number of hydrogen-bond donors (Lipinski definition) is 6. The Morgan fingerprint density at radius 2 is 1.45 bits per heavy atom. The van der Waals surface area contributed by atoms with Crippen molar-refractivity contribution in [2.75, 3.05) is 26.2 Å². The van der Waals surface area contributed by atoms with Crippen molar-refractivity contribution < 1.29 is 38.3 Å². The number of primary amides is 1. The number of carbonyl (C=O) groups excluding carboxylic acids is 7. The molecule has 2 fully saturated rings. The first-order valence-electron chi connectivity index (χ1n) is 21.7. The van der Waals surface area contributed by atoms with Crippen molar-refractivity contribution in [2.45, 2.75) is 62.4 Å². The molecular weight excluding hydrogens is 815 g/mol. The molecule has 0 radical (unpaired) electrons. The Kier molecular flexibility index (Phi) is 13.0. The number of unbranched alkanes of at least 4 members (excludes halogenated alkanes) is 1. The van der Waals surface area contributed by atoms with E-state index in [-0.39, 0.29) is 62.6 Å². The monoisotopic (exact) mass is 865 g/mol. The van der Waals surface area contributed by atoms with E-state index in [0.29, 0.717) is 24.9 Å². The third-order valence-corrected chi connectivity index (χ3v) is 12.8. The van der Waals surface area contributed by atoms with E-state index in [0.717, 1.165) is 43.6 Å². The number of ketones is 1. The van der Waals surface area contributed by atoms with E-state index in [1.807, 2.05) is 72.8 Å². The summed E-state index contributed by atoms with van der Waals surface area (Å²) < 4.78 is 5.62. The zero-order valence-corrected chi connectivity index (χ0v) is 35.2. The number of imide groups is 1. The summed E-state index contributed by atoms with van der Waals surface area (Å²) in [5.74, 6) is -5.25. The summed E-state index contributed by atoms with van der Waals surface area (Å²) in [5, 5.41) is 9.10. The van der Waals surface area contributed by atoms with Crippen molar-refractivity contribution in [1.82, 2.24) is 25.8 Å². The molecule has 8 N–H and O–H groups in total. The first-order valence-corrected chi connectivity index (χ1v) is 21.7. The Balaban J connectivity index is 0.876. The summed E-state index contributed by atoms with van der Waals surface area (Å²) in [4.78, 5) is 97.4. The Morgan fingerprint density at radius 3 is 2.16 bits per heavy atom. The minimum Gasteiger partial charge on any atom is -0.449 e. The van der Waals surface area contributed by atoms with E-state index in [1.165, 1.54) is 0 Å². The molecule has 15 heteroatoms. The lowest BCUT2D eigenvalue weighted by Crippen LogP contribution is -2.53. The van der Waals surface area contributed by atoms with Gasteiger partial charge in [-0.2, -0.15) is 0 Å². The fraction of sp³-hybridized carbons (Fsp3) is 0.327. The molecular formula is C49H51N7O8. The molecule has 15 nitrogen and oxygen atoms in total. The van der Waals surface area contributed by atoms with Crippen LogP contribution in [0.15, 0.2) is 103 Å². The number of rotatable bonds is 17. The molecule has 4 aromatic carbocycles. The molecule has 3 aliphatic rings. The number of Topliss-reactive ketones (excluding diaryl/α,β-unsaturated/α-hetero) is 1. The van der Waals surface area contributed by atoms with Gasteiger partial charge in [-0.1, -0.05) is 78.9 Å². The van der Waals surface area contributed by atoms with Gasteiger partial charge in [0.15, 0.2) is 0 Å². The average Bonchev–Trinajstić information content (AvgIpc) is 3.93. The van der Waals surface area contributed by atoms with Crippen LogP contribution in [0.2, 0.25) is 0 Å². The van der Waals surface area contributed by atoms with Gasteiger partial charge >= 0.3 is 6.09 Å². The molecule has 2 aliphatic carbocycles. The van der Waals surface area contributed by atoms with Gasteiger partial charge in [0.1, 0.15) is 24.5 Å². The maximum absolute atomic E-state index is 13.9. The van der Waals surface area contributed by atoms with Crippen LogP contribution in [-0.4, -0.2) is 89.6 Å². The summed E-state index contributed by atoms with van der Waals surface area (Å²) in [5.41, 5.74) is 18.3. The highest BCUT2D eigenvalue weighted by Crippen LogP contribution is 2.46. The largest absolute Gasteiger partial charge is 0.449 e. The smallest absolute Gasteiger partial charge is 0.407 e. The fourth-order valence-electron chi connectivity index (χ4n) is 9.55. The molecule has 0 bridgehead atoms. The van der Waals surface area contributed by atoms with Gasteiger partial charge in [0.2, 0.25) is 23.6 Å². The number of nitrogens with zero attached hydrogens (tertiary/aromatic N) is 1. The van der Waals surface area contributed by atoms with Crippen LogP contribution in [0.3, 0.4) is 0 Å². The van der Waals surface area contributed by atoms with Crippen LogP contribution in [0.4, 0.5) is 4.79 Å². The standard InChI is InChI=1S/C49H51N7O8/c50-20-8-7-15-41(46(60)55-42(44(51)58)23-30-26-53-40-14-6-5-9-32(30)40)54-45(59)29-18-16-28(17-19-29)37-24-31(57)25-38-43(37)48(62)56(47(38)61)22-21-52-49(63)64-27-39-35-12-3-1-10-33(35)34-11-2-4-13-36(34)39/h1-6,9-14,16-19,26,37-39,41-43,53H,7-8,15,20-25,27,50H2,(H2,51,58)(H,52,63)(H,54,59)(H,55,60)/t37?,38?,41-,42-,43?/m0/s1. The third-order valence-electron chi connectivity index (χ3n) is 12.8. The molecule has 2 heterocycles. The van der Waals surface area contributed by atoms with Crippen LogP contribution in [0, 0.1) is 11.8 Å². The summed E-state index contributed by atoms with van der Waals surface area (Å²) in [6, 6.07) is 27.9. The van der Waals surface area contributed by atoms with E-state index in [1.54, 1.807) is 30.5 Å². The number of alkyl carbamates (subject to hydrolysis) is 1. The number of H-pyrrole nitrogens is 1. The van der Waals surface area contributed by atoms with E-state index in [2.05, 4.69) is 20.9 Å². The van der Waals surface area contributed by atoms with Crippen molar-refractivity contribution in [3.8, 4) is 11.1 Å². The molecule has 0 spiro atoms. The number of aromatic amines is 1. The Morgan fingerprint density at radius 1 is 0.781 bits per heavy atom. The number of para-hydroxylation sites is 1. The van der Waals surface area contributed by atoms with Crippen molar-refractivity contribution in [1.29, 1.82) is 0 Å². The summed E-state index contributed by atoms with van der Waals surface area (Å²) in [7, 11) is 0. The number of aromatic nitrogens is 1. The van der Waals surface area contributed by atoms with E-state index < -0.39 is 65.5 Å². The van der Waals surface area contributed by atoms with Gasteiger partial charge in [0.25, 0.3) is 5.91 Å². The SMILES string of the molecule is NCCCC[C@H](NC(=O)c1ccc(C2CC(=O)CC3C(=O)N(CCNC(=O)OCC4c5ccccc5-c5ccccc54)C(=O)C32)cc1)C(=O)N[C@@H](Cc1c[nH]c2ccccc12)C(N)=O. The maximum Gasteiger partial charge on any atom is 0.407 e. The van der Waals surface area contributed by atoms with Crippen LogP contribution in [0.5, 0.6) is 0 Å². The predicted molar refractivity (Wildman–Crippen MR) is 237 cm³/mol. The fourth-order valence-corrected chi connectivity index (χ4v) is 9.55. The molecule has 8 rings (SSSR count). The predicted octanol–water partition coefficient (Wildman–Crippen LogP) is 4.19. The summed E-state index contributed by atoms with van der Waals surface area (Å²) >= 11 is 0. The quantitative estimate of drug-likeness (QED) is 0.0580. The molecule has 5 aromatic rings. The van der Waals surface area contributed by atoms with Gasteiger partial charge in [-0.05, 0) is 77.4 Å². The second-order valence-electron chi connectivity index (χ2n) is 16.7. The highest BCUT2D eigenvalue weighted by atomic mass is 16.5. The normalized spacial score (nSPS) is 18.8. The topological polar surface area (TPSA) is 236 Å². The van der Waals surface area contributed by atoms with Crippen LogP contribution in [0.1, 0.15) is 76.6 Å². The number of amides is 6. The number of nitrogens with two attached hydrogens (primary N) is 2. The highest BCUT2D eigenvalue weighted by Gasteiger charge is 2.54. The molecule has 6 amide bonds. The van der Waals surface area contributed by atoms with Gasteiger partial charge < -0.3 is 37.1 Å². The molecule has 1 aliphatic heterocycles. The first kappa shape index (κ1) is 43.5. The highest BCUT2D eigenvalue weighted by molar-refractivity contribution is 6.08. The number of likely N-dealkylation sites (tertiary alicyclic amines) is 1. The van der Waals surface area contributed by atoms with Crippen LogP contribution in [-0.2, 0) is 35.1 Å². The number of benzene rings is 4. The lowest BCUT2D eigenvalue weighted by atomic mass is 9.70. The zero-order chi connectivity index (χ0) is 44.9. The number of carbonyl (C=O) groups is 7. The van der Waals surface area contributed by atoms with Crippen molar-refractivity contribution in [2.24, 2.45) is 23.3 Å². The Labute approximate surface area is 369 Å². The van der Waals surface area contributed by atoms with Crippen LogP contribution in [0.25, 0.3) is 22.0 Å². The molecule has 3 unspecified atom stereocenters. The molecule has 330 valence electrons. The zero-order valence-electron chi connectivity index (χ0n) is 35.2. The minimum atomic E-state index is -1.04. The van der Waals surface area contributed by atoms with Gasteiger partial charge in [0.05, 0.1) is 11.8 Å². The molecule has 5 atom stereocenters. The second-order valence-corrected chi connectivity index (χ2v) is 16.7. The number of nitrogens with one attached hydrogen (secondary N) is 4. The maximum atomic E-state index is 13.9. The lowest BCUT2D eigenvalue weighted by Gasteiger charge is -2.30. The first-order chi connectivity index (χ1) is 31.0. The Hall–Kier alpha value is -7.13. The van der Waals surface area contributed by atoms with Crippen LogP contribution < -0.4 is 27.4 Å². The number of fused-ring (bicyclic) bond motifs is 5. The van der Waals surface area contributed by atoms with Crippen LogP contribution >= 0.6 is 0 Å². The second kappa shape index (κ2) is 19.1. The van der Waals surface area contributed by atoms with Gasteiger partial charge in [0, 0.05) is 66.9 Å². The van der Waals surface area contributed by atoms with Gasteiger partial charge in [-0.3, -0.25) is 33.7 Å². The molecule has 1 saturated carbocycles. The summed E-state index contributed by atoms with van der Waals surface area (Å²) in [6.45, 7) is 0.390. The van der Waals surface area contributed by atoms with E-state index >= 15 is 0 Å². The van der Waals surface area contributed by atoms with Crippen molar-refractivity contribution >= 4 is 52.3 Å². The number of hydrogen-bond acceptors (Lipinski definition) is 9. The summed E-state index contributed by atoms with van der Waals surface area (Å²) in [6.07, 6.45) is 2.62. The van der Waals surface area contributed by atoms with E-state index in [9.17, 15) is 33.6 Å². The molecule has 1 aromatic heterocycles. The van der Waals surface area contributed by atoms with Gasteiger partial charge in [-0.15, -0.1) is 0 Å². The minimum absolute atomic E-state index is 0.0332.